The molecule has 7 heteroatoms. The monoisotopic (exact) mass is 432 g/mol. The normalized spacial score (nSPS) is 24.7. The van der Waals surface area contributed by atoms with Crippen molar-refractivity contribution in [2.45, 2.75) is 38.6 Å². The summed E-state index contributed by atoms with van der Waals surface area (Å²) < 4.78 is 0. The summed E-state index contributed by atoms with van der Waals surface area (Å²) in [5.74, 6) is 0.415. The van der Waals surface area contributed by atoms with Crippen molar-refractivity contribution >= 4 is 29.1 Å². The molecule has 3 fully saturated rings. The van der Waals surface area contributed by atoms with Gasteiger partial charge in [0.25, 0.3) is 0 Å². The van der Waals surface area contributed by atoms with Gasteiger partial charge in [0.2, 0.25) is 11.8 Å². The number of halogens is 1. The van der Waals surface area contributed by atoms with Gasteiger partial charge in [-0.05, 0) is 43.9 Å². The van der Waals surface area contributed by atoms with Crippen LogP contribution in [0.15, 0.2) is 24.3 Å². The predicted molar refractivity (Wildman–Crippen MR) is 120 cm³/mol. The van der Waals surface area contributed by atoms with Gasteiger partial charge in [0.1, 0.15) is 0 Å². The van der Waals surface area contributed by atoms with E-state index in [1.807, 2.05) is 35.0 Å². The zero-order valence-corrected chi connectivity index (χ0v) is 18.9. The summed E-state index contributed by atoms with van der Waals surface area (Å²) in [6, 6.07) is 8.39. The fourth-order valence-corrected chi connectivity index (χ4v) is 5.60. The van der Waals surface area contributed by atoms with Gasteiger partial charge in [-0.25, -0.2) is 0 Å². The number of benzene rings is 1. The molecule has 0 bridgehead atoms. The Kier molecular flexibility index (Phi) is 6.26. The Labute approximate surface area is 184 Å². The first-order valence-electron chi connectivity index (χ1n) is 11.1. The van der Waals surface area contributed by atoms with Crippen LogP contribution in [0.4, 0.5) is 5.69 Å². The molecule has 1 aromatic rings. The molecule has 0 N–H and O–H groups in total. The molecule has 0 unspecified atom stereocenters. The van der Waals surface area contributed by atoms with Crippen molar-refractivity contribution in [2.75, 3.05) is 57.8 Å². The number of hydrogen-bond acceptors (Lipinski definition) is 4. The second-order valence-corrected chi connectivity index (χ2v) is 9.59. The number of piperidine rings is 1. The number of carbonyl (C=O) groups excluding carboxylic acids is 2. The van der Waals surface area contributed by atoms with Crippen molar-refractivity contribution in [2.24, 2.45) is 5.41 Å². The predicted octanol–water partition coefficient (Wildman–Crippen LogP) is 2.71. The number of piperazine rings is 1. The molecule has 164 valence electrons. The third-order valence-corrected chi connectivity index (χ3v) is 7.67. The molecule has 0 saturated carbocycles. The Hall–Kier alpha value is -1.79. The van der Waals surface area contributed by atoms with Gasteiger partial charge in [0, 0.05) is 76.5 Å². The Morgan fingerprint density at radius 2 is 1.83 bits per heavy atom. The summed E-state index contributed by atoms with van der Waals surface area (Å²) in [6.07, 6.45) is 3.59. The van der Waals surface area contributed by atoms with Crippen molar-refractivity contribution in [3.8, 4) is 0 Å². The van der Waals surface area contributed by atoms with Gasteiger partial charge >= 0.3 is 0 Å². The Balaban J connectivity index is 1.27. The number of carbonyl (C=O) groups is 2. The van der Waals surface area contributed by atoms with Crippen molar-refractivity contribution < 1.29 is 9.59 Å². The van der Waals surface area contributed by atoms with E-state index in [9.17, 15) is 9.59 Å². The molecule has 3 saturated heterocycles. The van der Waals surface area contributed by atoms with E-state index in [1.165, 1.54) is 5.69 Å². The van der Waals surface area contributed by atoms with Gasteiger partial charge in [0.15, 0.2) is 0 Å². The minimum Gasteiger partial charge on any atom is -0.369 e. The highest BCUT2D eigenvalue weighted by molar-refractivity contribution is 6.30. The van der Waals surface area contributed by atoms with E-state index in [4.69, 9.17) is 11.6 Å². The van der Waals surface area contributed by atoms with Crippen LogP contribution in [-0.2, 0) is 9.59 Å². The highest BCUT2D eigenvalue weighted by atomic mass is 35.5. The SMILES string of the molecule is CC(=O)N1CCC2(CC1)C[C@H](CCN1CCN(c3cccc(Cl)c3)CC1)N(C)C2=O. The number of likely N-dealkylation sites (tertiary alicyclic amines) is 2. The lowest BCUT2D eigenvalue weighted by molar-refractivity contribution is -0.141. The molecule has 0 radical (unpaired) electrons. The van der Waals surface area contributed by atoms with Crippen LogP contribution in [0.25, 0.3) is 0 Å². The summed E-state index contributed by atoms with van der Waals surface area (Å²) in [7, 11) is 1.97. The van der Waals surface area contributed by atoms with E-state index in [2.05, 4.69) is 15.9 Å². The summed E-state index contributed by atoms with van der Waals surface area (Å²) in [6.45, 7) is 8.16. The van der Waals surface area contributed by atoms with Gasteiger partial charge in [0.05, 0.1) is 5.41 Å². The van der Waals surface area contributed by atoms with Crippen LogP contribution in [0.3, 0.4) is 0 Å². The van der Waals surface area contributed by atoms with Crippen LogP contribution >= 0.6 is 11.6 Å². The average Bonchev–Trinajstić information content (AvgIpc) is 2.97. The van der Waals surface area contributed by atoms with Crippen LogP contribution in [0.2, 0.25) is 5.02 Å². The van der Waals surface area contributed by atoms with Crippen LogP contribution in [0.5, 0.6) is 0 Å². The van der Waals surface area contributed by atoms with Gasteiger partial charge in [-0.3, -0.25) is 14.5 Å². The third-order valence-electron chi connectivity index (χ3n) is 7.44. The van der Waals surface area contributed by atoms with Gasteiger partial charge in [-0.2, -0.15) is 0 Å². The zero-order chi connectivity index (χ0) is 21.3. The lowest BCUT2D eigenvalue weighted by atomic mass is 9.75. The van der Waals surface area contributed by atoms with E-state index in [1.54, 1.807) is 6.92 Å². The summed E-state index contributed by atoms with van der Waals surface area (Å²) in [4.78, 5) is 33.5. The van der Waals surface area contributed by atoms with Crippen molar-refractivity contribution in [3.05, 3.63) is 29.3 Å². The Morgan fingerprint density at radius 3 is 2.47 bits per heavy atom. The molecule has 0 aromatic heterocycles. The van der Waals surface area contributed by atoms with Crippen LogP contribution in [0, 0.1) is 5.41 Å². The van der Waals surface area contributed by atoms with E-state index in [-0.39, 0.29) is 11.3 Å². The smallest absolute Gasteiger partial charge is 0.228 e. The molecule has 3 aliphatic heterocycles. The maximum atomic E-state index is 13.0. The quantitative estimate of drug-likeness (QED) is 0.734. The first-order valence-corrected chi connectivity index (χ1v) is 11.5. The maximum absolute atomic E-state index is 13.0. The third kappa shape index (κ3) is 4.30. The number of hydrogen-bond donors (Lipinski definition) is 0. The lowest BCUT2D eigenvalue weighted by Gasteiger charge is -2.37. The first kappa shape index (κ1) is 21.4. The molecule has 1 aromatic carbocycles. The average molecular weight is 433 g/mol. The van der Waals surface area contributed by atoms with Crippen LogP contribution < -0.4 is 4.90 Å². The van der Waals surface area contributed by atoms with Crippen molar-refractivity contribution in [3.63, 3.8) is 0 Å². The molecule has 3 heterocycles. The first-order chi connectivity index (χ1) is 14.4. The molecule has 30 heavy (non-hydrogen) atoms. The second kappa shape index (κ2) is 8.75. The minimum atomic E-state index is -0.239. The highest BCUT2D eigenvalue weighted by Crippen LogP contribution is 2.44. The minimum absolute atomic E-state index is 0.122. The Morgan fingerprint density at radius 1 is 1.13 bits per heavy atom. The standard InChI is InChI=1S/C23H33ClN4O2/c1-18(29)27-10-7-23(8-11-27)17-21(25(2)22(23)30)6-9-26-12-14-28(15-13-26)20-5-3-4-19(24)16-20/h3-5,16,21H,6-15,17H2,1-2H3/t21-/m0/s1. The zero-order valence-electron chi connectivity index (χ0n) is 18.1. The maximum Gasteiger partial charge on any atom is 0.228 e. The Bertz CT molecular complexity index is 785. The van der Waals surface area contributed by atoms with Gasteiger partial charge in [-0.15, -0.1) is 0 Å². The van der Waals surface area contributed by atoms with E-state index in [0.717, 1.165) is 63.4 Å². The second-order valence-electron chi connectivity index (χ2n) is 9.16. The number of amides is 2. The van der Waals surface area contributed by atoms with E-state index >= 15 is 0 Å². The van der Waals surface area contributed by atoms with Crippen LogP contribution in [-0.4, -0.2) is 85.4 Å². The molecule has 1 spiro atoms. The number of anilines is 1. The summed E-state index contributed by atoms with van der Waals surface area (Å²) >= 11 is 6.14. The largest absolute Gasteiger partial charge is 0.369 e. The van der Waals surface area contributed by atoms with E-state index < -0.39 is 0 Å². The molecule has 6 nitrogen and oxygen atoms in total. The fourth-order valence-electron chi connectivity index (χ4n) is 5.41. The lowest BCUT2D eigenvalue weighted by Crippen LogP contribution is -2.47. The fraction of sp³-hybridized carbons (Fsp3) is 0.652. The topological polar surface area (TPSA) is 47.1 Å². The highest BCUT2D eigenvalue weighted by Gasteiger charge is 2.51. The molecular weight excluding hydrogens is 400 g/mol. The van der Waals surface area contributed by atoms with Crippen LogP contribution in [0.1, 0.15) is 32.6 Å². The number of nitrogens with zero attached hydrogens (tertiary/aromatic N) is 4. The van der Waals surface area contributed by atoms with Crippen molar-refractivity contribution in [1.29, 1.82) is 0 Å². The summed E-state index contributed by atoms with van der Waals surface area (Å²) in [5, 5.41) is 0.784. The molecule has 3 aliphatic rings. The molecule has 0 aliphatic carbocycles. The van der Waals surface area contributed by atoms with E-state index in [0.29, 0.717) is 25.0 Å². The molecule has 1 atom stereocenters. The van der Waals surface area contributed by atoms with Crippen molar-refractivity contribution in [1.82, 2.24) is 14.7 Å². The van der Waals surface area contributed by atoms with Gasteiger partial charge in [-0.1, -0.05) is 17.7 Å². The number of rotatable bonds is 4. The molecule has 2 amide bonds. The molecule has 4 rings (SSSR count). The van der Waals surface area contributed by atoms with Gasteiger partial charge < -0.3 is 14.7 Å². The molecular formula is C23H33ClN4O2. The summed E-state index contributed by atoms with van der Waals surface area (Å²) in [5.41, 5.74) is 0.957.